The van der Waals surface area contributed by atoms with Crippen molar-refractivity contribution in [3.8, 4) is 34.5 Å². The topological polar surface area (TPSA) is 88.4 Å². The van der Waals surface area contributed by atoms with Gasteiger partial charge in [-0.3, -0.25) is 0 Å². The van der Waals surface area contributed by atoms with Crippen LogP contribution in [0, 0.1) is 0 Å². The zero-order valence-corrected chi connectivity index (χ0v) is 13.8. The van der Waals surface area contributed by atoms with Crippen molar-refractivity contribution < 1.29 is 28.9 Å². The number of phenols is 3. The molecule has 0 saturated heterocycles. The molecule has 3 rings (SSSR count). The average molecular weight is 358 g/mol. The van der Waals surface area contributed by atoms with Crippen molar-refractivity contribution in [3.05, 3.63) is 72.8 Å². The van der Waals surface area contributed by atoms with Crippen LogP contribution in [0.5, 0.6) is 34.5 Å². The van der Waals surface area contributed by atoms with Gasteiger partial charge in [-0.15, -0.1) is 0 Å². The summed E-state index contributed by atoms with van der Waals surface area (Å²) in [6.45, 7) is 0. The van der Waals surface area contributed by atoms with E-state index in [4.69, 9.17) is 13.6 Å². The lowest BCUT2D eigenvalue weighted by Gasteiger charge is -2.18. The first-order chi connectivity index (χ1) is 12.1. The number of hydrogen-bond donors (Lipinski definition) is 3. The van der Waals surface area contributed by atoms with E-state index in [1.54, 1.807) is 36.4 Å². The summed E-state index contributed by atoms with van der Waals surface area (Å²) in [6.07, 6.45) is 0. The van der Waals surface area contributed by atoms with E-state index in [-0.39, 0.29) is 17.2 Å². The van der Waals surface area contributed by atoms with Gasteiger partial charge in [-0.1, -0.05) is 0 Å². The second-order valence-electron chi connectivity index (χ2n) is 4.98. The van der Waals surface area contributed by atoms with E-state index in [1.807, 2.05) is 0 Å². The second kappa shape index (κ2) is 7.64. The van der Waals surface area contributed by atoms with Crippen LogP contribution < -0.4 is 13.6 Å². The van der Waals surface area contributed by atoms with Gasteiger partial charge in [0.25, 0.3) is 0 Å². The summed E-state index contributed by atoms with van der Waals surface area (Å²) in [5, 5.41) is 28.1. The van der Waals surface area contributed by atoms with Crippen LogP contribution in [0.2, 0.25) is 0 Å². The summed E-state index contributed by atoms with van der Waals surface area (Å²) in [5.41, 5.74) is 0. The SMILES string of the molecule is Oc1ccc(OP(Oc2ccc(O)cc2)Oc2ccc(O)cc2)cc1. The Bertz CT molecular complexity index is 690. The van der Waals surface area contributed by atoms with Gasteiger partial charge >= 0.3 is 8.60 Å². The molecule has 0 radical (unpaired) electrons. The Morgan fingerprint density at radius 1 is 0.440 bits per heavy atom. The fourth-order valence-electron chi connectivity index (χ4n) is 1.84. The fraction of sp³-hybridized carbons (Fsp3) is 0. The third kappa shape index (κ3) is 4.93. The Kier molecular flexibility index (Phi) is 5.11. The lowest BCUT2D eigenvalue weighted by molar-refractivity contribution is 0.386. The minimum absolute atomic E-state index is 0.121. The summed E-state index contributed by atoms with van der Waals surface area (Å²) in [4.78, 5) is 0. The Labute approximate surface area is 145 Å². The minimum atomic E-state index is -1.86. The molecule has 0 fully saturated rings. The molecular weight excluding hydrogens is 343 g/mol. The van der Waals surface area contributed by atoms with Crippen LogP contribution in [0.1, 0.15) is 0 Å². The summed E-state index contributed by atoms with van der Waals surface area (Å²) < 4.78 is 17.2. The molecule has 6 nitrogen and oxygen atoms in total. The van der Waals surface area contributed by atoms with Crippen LogP contribution in [0.3, 0.4) is 0 Å². The van der Waals surface area contributed by atoms with Gasteiger partial charge in [0.15, 0.2) is 0 Å². The molecule has 3 N–H and O–H groups in total. The van der Waals surface area contributed by atoms with Crippen molar-refractivity contribution in [1.82, 2.24) is 0 Å². The predicted molar refractivity (Wildman–Crippen MR) is 93.1 cm³/mol. The van der Waals surface area contributed by atoms with E-state index < -0.39 is 8.60 Å². The Hall–Kier alpha value is -3.11. The smallest absolute Gasteiger partial charge is 0.508 e. The van der Waals surface area contributed by atoms with Crippen LogP contribution in [-0.4, -0.2) is 15.3 Å². The number of aromatic hydroxyl groups is 3. The first kappa shape index (κ1) is 16.7. The number of rotatable bonds is 6. The van der Waals surface area contributed by atoms with Crippen molar-refractivity contribution >= 4 is 8.60 Å². The quantitative estimate of drug-likeness (QED) is 0.560. The summed E-state index contributed by atoms with van der Waals surface area (Å²) in [7, 11) is -1.86. The van der Waals surface area contributed by atoms with Gasteiger partial charge in [0.1, 0.15) is 34.5 Å². The second-order valence-corrected chi connectivity index (χ2v) is 5.97. The van der Waals surface area contributed by atoms with Gasteiger partial charge in [0.05, 0.1) is 0 Å². The van der Waals surface area contributed by atoms with Gasteiger partial charge in [-0.25, -0.2) is 0 Å². The van der Waals surface area contributed by atoms with E-state index in [2.05, 4.69) is 0 Å². The van der Waals surface area contributed by atoms with Crippen molar-refractivity contribution in [2.24, 2.45) is 0 Å². The maximum Gasteiger partial charge on any atom is 0.530 e. The zero-order chi connectivity index (χ0) is 17.6. The summed E-state index contributed by atoms with van der Waals surface area (Å²) in [6, 6.07) is 18.5. The van der Waals surface area contributed by atoms with Crippen LogP contribution in [0.15, 0.2) is 72.8 Å². The standard InChI is InChI=1S/C18H15O6P/c19-13-1-7-16(8-2-13)22-25(23-17-9-3-14(20)4-10-17)24-18-11-5-15(21)6-12-18/h1-12,19-21H. The molecule has 0 spiro atoms. The molecule has 0 heterocycles. The normalized spacial score (nSPS) is 10.4. The Morgan fingerprint density at radius 3 is 0.920 bits per heavy atom. The Morgan fingerprint density at radius 2 is 0.680 bits per heavy atom. The molecule has 3 aromatic rings. The molecule has 128 valence electrons. The zero-order valence-electron chi connectivity index (χ0n) is 12.9. The minimum Gasteiger partial charge on any atom is -0.508 e. The molecule has 25 heavy (non-hydrogen) atoms. The number of phenolic OH excluding ortho intramolecular Hbond substituents is 3. The van der Waals surface area contributed by atoms with E-state index >= 15 is 0 Å². The number of hydrogen-bond acceptors (Lipinski definition) is 6. The fourth-order valence-corrected chi connectivity index (χ4v) is 2.83. The third-order valence-corrected chi connectivity index (χ3v) is 4.13. The van der Waals surface area contributed by atoms with Crippen molar-refractivity contribution in [3.63, 3.8) is 0 Å². The largest absolute Gasteiger partial charge is 0.530 e. The third-order valence-electron chi connectivity index (χ3n) is 3.05. The van der Waals surface area contributed by atoms with Gasteiger partial charge in [0.2, 0.25) is 0 Å². The summed E-state index contributed by atoms with van der Waals surface area (Å²) in [5.74, 6) is 1.74. The van der Waals surface area contributed by atoms with Crippen molar-refractivity contribution in [2.75, 3.05) is 0 Å². The summed E-state index contributed by atoms with van der Waals surface area (Å²) >= 11 is 0. The van der Waals surface area contributed by atoms with Gasteiger partial charge in [-0.05, 0) is 72.8 Å². The molecular formula is C18H15O6P. The monoisotopic (exact) mass is 358 g/mol. The molecule has 0 unspecified atom stereocenters. The average Bonchev–Trinajstić information content (AvgIpc) is 2.61. The molecule has 0 aliphatic heterocycles. The van der Waals surface area contributed by atoms with Crippen LogP contribution in [0.25, 0.3) is 0 Å². The van der Waals surface area contributed by atoms with E-state index in [1.165, 1.54) is 36.4 Å². The van der Waals surface area contributed by atoms with Gasteiger partial charge in [0, 0.05) is 0 Å². The van der Waals surface area contributed by atoms with Crippen LogP contribution in [-0.2, 0) is 0 Å². The van der Waals surface area contributed by atoms with Crippen LogP contribution in [0.4, 0.5) is 0 Å². The lowest BCUT2D eigenvalue weighted by Crippen LogP contribution is -2.02. The molecule has 0 aliphatic carbocycles. The van der Waals surface area contributed by atoms with Gasteiger partial charge < -0.3 is 28.9 Å². The molecule has 0 bridgehead atoms. The molecule has 0 aliphatic rings. The maximum absolute atomic E-state index is 9.35. The lowest BCUT2D eigenvalue weighted by atomic mass is 10.3. The van der Waals surface area contributed by atoms with Crippen LogP contribution >= 0.6 is 8.60 Å². The Balaban J connectivity index is 1.77. The molecule has 0 atom stereocenters. The molecule has 0 amide bonds. The highest BCUT2D eigenvalue weighted by Gasteiger charge is 2.20. The molecule has 0 saturated carbocycles. The van der Waals surface area contributed by atoms with E-state index in [0.717, 1.165) is 0 Å². The van der Waals surface area contributed by atoms with Gasteiger partial charge in [-0.2, -0.15) is 0 Å². The first-order valence-electron chi connectivity index (χ1n) is 7.30. The molecule has 0 aromatic heterocycles. The van der Waals surface area contributed by atoms with Crippen molar-refractivity contribution in [2.45, 2.75) is 0 Å². The maximum atomic E-state index is 9.35. The highest BCUT2D eigenvalue weighted by atomic mass is 31.2. The predicted octanol–water partition coefficient (Wildman–Crippen LogP) is 4.57. The molecule has 7 heteroatoms. The highest BCUT2D eigenvalue weighted by Crippen LogP contribution is 2.42. The van der Waals surface area contributed by atoms with E-state index in [9.17, 15) is 15.3 Å². The highest BCUT2D eigenvalue weighted by molar-refractivity contribution is 7.43. The van der Waals surface area contributed by atoms with Crippen molar-refractivity contribution in [1.29, 1.82) is 0 Å². The first-order valence-corrected chi connectivity index (χ1v) is 8.39. The van der Waals surface area contributed by atoms with E-state index in [0.29, 0.717) is 17.2 Å². The number of benzene rings is 3. The molecule has 3 aromatic carbocycles.